The molecule has 0 atom stereocenters. The SMILES string of the molecule is O=c1c2ccc(F)cc2ncn1Cc1cccnc1. The van der Waals surface area contributed by atoms with Gasteiger partial charge in [-0.1, -0.05) is 6.07 Å². The molecule has 0 fully saturated rings. The minimum absolute atomic E-state index is 0.186. The number of fused-ring (bicyclic) bond motifs is 1. The van der Waals surface area contributed by atoms with Crippen LogP contribution in [0.5, 0.6) is 0 Å². The topological polar surface area (TPSA) is 47.8 Å². The third kappa shape index (κ3) is 2.22. The third-order valence-electron chi connectivity index (χ3n) is 2.86. The van der Waals surface area contributed by atoms with Gasteiger partial charge in [-0.25, -0.2) is 9.37 Å². The number of halogens is 1. The second-order valence-corrected chi connectivity index (χ2v) is 4.20. The van der Waals surface area contributed by atoms with Crippen LogP contribution in [0.1, 0.15) is 5.56 Å². The van der Waals surface area contributed by atoms with Crippen LogP contribution in [0.2, 0.25) is 0 Å². The van der Waals surface area contributed by atoms with E-state index in [0.29, 0.717) is 17.4 Å². The summed E-state index contributed by atoms with van der Waals surface area (Å²) in [5.41, 5.74) is 1.09. The first-order valence-electron chi connectivity index (χ1n) is 5.77. The van der Waals surface area contributed by atoms with Gasteiger partial charge in [0.15, 0.2) is 0 Å². The van der Waals surface area contributed by atoms with E-state index in [-0.39, 0.29) is 5.56 Å². The Balaban J connectivity index is 2.08. The predicted molar refractivity (Wildman–Crippen MR) is 69.3 cm³/mol. The number of rotatable bonds is 2. The summed E-state index contributed by atoms with van der Waals surface area (Å²) in [5.74, 6) is -0.399. The van der Waals surface area contributed by atoms with Gasteiger partial charge in [0.2, 0.25) is 0 Å². The Labute approximate surface area is 108 Å². The van der Waals surface area contributed by atoms with Gasteiger partial charge in [-0.15, -0.1) is 0 Å². The summed E-state index contributed by atoms with van der Waals surface area (Å²) >= 11 is 0. The zero-order chi connectivity index (χ0) is 13.2. The fraction of sp³-hybridized carbons (Fsp3) is 0.0714. The van der Waals surface area contributed by atoms with E-state index in [2.05, 4.69) is 9.97 Å². The Morgan fingerprint density at radius 1 is 1.26 bits per heavy atom. The van der Waals surface area contributed by atoms with Crippen molar-refractivity contribution in [2.45, 2.75) is 6.54 Å². The zero-order valence-electron chi connectivity index (χ0n) is 9.95. The molecule has 0 radical (unpaired) electrons. The fourth-order valence-electron chi connectivity index (χ4n) is 1.93. The maximum Gasteiger partial charge on any atom is 0.261 e. The number of nitrogens with zero attached hydrogens (tertiary/aromatic N) is 3. The highest BCUT2D eigenvalue weighted by molar-refractivity contribution is 5.77. The van der Waals surface area contributed by atoms with Gasteiger partial charge >= 0.3 is 0 Å². The molecule has 0 bridgehead atoms. The lowest BCUT2D eigenvalue weighted by molar-refractivity contribution is 0.629. The van der Waals surface area contributed by atoms with Gasteiger partial charge in [0, 0.05) is 18.5 Å². The van der Waals surface area contributed by atoms with Gasteiger partial charge < -0.3 is 0 Å². The van der Waals surface area contributed by atoms with E-state index in [0.717, 1.165) is 5.56 Å². The number of hydrogen-bond acceptors (Lipinski definition) is 3. The van der Waals surface area contributed by atoms with Crippen molar-refractivity contribution < 1.29 is 4.39 Å². The lowest BCUT2D eigenvalue weighted by Crippen LogP contribution is -2.21. The van der Waals surface area contributed by atoms with Gasteiger partial charge in [-0.2, -0.15) is 0 Å². The lowest BCUT2D eigenvalue weighted by atomic mass is 10.2. The Bertz CT molecular complexity index is 784. The maximum atomic E-state index is 13.1. The monoisotopic (exact) mass is 255 g/mol. The summed E-state index contributed by atoms with van der Waals surface area (Å²) in [6, 6.07) is 7.67. The van der Waals surface area contributed by atoms with Crippen LogP contribution in [0.25, 0.3) is 10.9 Å². The molecule has 0 unspecified atom stereocenters. The molecule has 5 heteroatoms. The second kappa shape index (κ2) is 4.61. The molecule has 1 aromatic carbocycles. The smallest absolute Gasteiger partial charge is 0.261 e. The molecule has 0 spiro atoms. The lowest BCUT2D eigenvalue weighted by Gasteiger charge is -2.06. The highest BCUT2D eigenvalue weighted by atomic mass is 19.1. The fourth-order valence-corrected chi connectivity index (χ4v) is 1.93. The van der Waals surface area contributed by atoms with Crippen molar-refractivity contribution >= 4 is 10.9 Å². The van der Waals surface area contributed by atoms with Crippen LogP contribution in [-0.2, 0) is 6.54 Å². The number of pyridine rings is 1. The quantitative estimate of drug-likeness (QED) is 0.703. The average Bonchev–Trinajstić information content (AvgIpc) is 2.43. The van der Waals surface area contributed by atoms with E-state index in [1.807, 2.05) is 12.1 Å². The van der Waals surface area contributed by atoms with Crippen LogP contribution in [0.3, 0.4) is 0 Å². The van der Waals surface area contributed by atoms with Crippen molar-refractivity contribution in [3.63, 3.8) is 0 Å². The van der Waals surface area contributed by atoms with Gasteiger partial charge in [0.25, 0.3) is 5.56 Å². The van der Waals surface area contributed by atoms with Gasteiger partial charge in [-0.05, 0) is 23.8 Å². The molecule has 4 nitrogen and oxygen atoms in total. The summed E-state index contributed by atoms with van der Waals surface area (Å²) < 4.78 is 14.5. The first-order valence-corrected chi connectivity index (χ1v) is 5.77. The first kappa shape index (κ1) is 11.5. The van der Waals surface area contributed by atoms with Gasteiger partial charge in [-0.3, -0.25) is 14.3 Å². The average molecular weight is 255 g/mol. The maximum absolute atomic E-state index is 13.1. The van der Waals surface area contributed by atoms with Crippen LogP contribution < -0.4 is 5.56 Å². The summed E-state index contributed by atoms with van der Waals surface area (Å²) in [6.45, 7) is 0.396. The third-order valence-corrected chi connectivity index (χ3v) is 2.86. The van der Waals surface area contributed by atoms with Gasteiger partial charge in [0.05, 0.1) is 23.8 Å². The molecule has 2 heterocycles. The second-order valence-electron chi connectivity index (χ2n) is 4.20. The molecule has 94 valence electrons. The van der Waals surface area contributed by atoms with Crippen molar-refractivity contribution in [1.82, 2.24) is 14.5 Å². The van der Waals surface area contributed by atoms with Gasteiger partial charge in [0.1, 0.15) is 5.82 Å². The summed E-state index contributed by atoms with van der Waals surface area (Å²) in [7, 11) is 0. The highest BCUT2D eigenvalue weighted by Crippen LogP contribution is 2.09. The number of hydrogen-bond donors (Lipinski definition) is 0. The largest absolute Gasteiger partial charge is 0.294 e. The standard InChI is InChI=1S/C14H10FN3O/c15-11-3-4-12-13(6-11)17-9-18(14(12)19)8-10-2-1-5-16-7-10/h1-7,9H,8H2. The first-order chi connectivity index (χ1) is 9.24. The van der Waals surface area contributed by atoms with E-state index in [1.165, 1.54) is 29.1 Å². The Hall–Kier alpha value is -2.56. The van der Waals surface area contributed by atoms with Crippen LogP contribution in [0.15, 0.2) is 53.8 Å². The molecule has 0 aliphatic heterocycles. The number of aromatic nitrogens is 3. The Kier molecular flexibility index (Phi) is 2.79. The Morgan fingerprint density at radius 2 is 2.16 bits per heavy atom. The minimum atomic E-state index is -0.399. The zero-order valence-corrected chi connectivity index (χ0v) is 9.95. The van der Waals surface area contributed by atoms with Crippen molar-refractivity contribution in [2.75, 3.05) is 0 Å². The predicted octanol–water partition coefficient (Wildman–Crippen LogP) is 1.98. The van der Waals surface area contributed by atoms with E-state index in [4.69, 9.17) is 0 Å². The molecule has 0 amide bonds. The van der Waals surface area contributed by atoms with Crippen molar-refractivity contribution in [3.8, 4) is 0 Å². The molecule has 0 saturated carbocycles. The van der Waals surface area contributed by atoms with E-state index < -0.39 is 5.82 Å². The van der Waals surface area contributed by atoms with E-state index >= 15 is 0 Å². The van der Waals surface area contributed by atoms with E-state index in [9.17, 15) is 9.18 Å². The van der Waals surface area contributed by atoms with Crippen LogP contribution >= 0.6 is 0 Å². The summed E-state index contributed by atoms with van der Waals surface area (Å²) in [4.78, 5) is 20.3. The molecule has 0 N–H and O–H groups in total. The molecule has 0 aliphatic carbocycles. The summed E-state index contributed by atoms with van der Waals surface area (Å²) in [6.07, 6.45) is 4.80. The molecule has 3 rings (SSSR count). The number of benzene rings is 1. The van der Waals surface area contributed by atoms with Crippen LogP contribution in [0, 0.1) is 5.82 Å². The minimum Gasteiger partial charge on any atom is -0.294 e. The highest BCUT2D eigenvalue weighted by Gasteiger charge is 2.05. The molecule has 19 heavy (non-hydrogen) atoms. The van der Waals surface area contributed by atoms with Crippen LogP contribution in [-0.4, -0.2) is 14.5 Å². The molecular formula is C14H10FN3O. The Morgan fingerprint density at radius 3 is 2.95 bits per heavy atom. The molecule has 2 aromatic heterocycles. The van der Waals surface area contributed by atoms with Crippen LogP contribution in [0.4, 0.5) is 4.39 Å². The molecule has 3 aromatic rings. The van der Waals surface area contributed by atoms with Crippen molar-refractivity contribution in [2.24, 2.45) is 0 Å². The molecule has 0 aliphatic rings. The summed E-state index contributed by atoms with van der Waals surface area (Å²) in [5, 5.41) is 0.410. The van der Waals surface area contributed by atoms with E-state index in [1.54, 1.807) is 12.4 Å². The normalized spacial score (nSPS) is 10.8. The molecular weight excluding hydrogens is 245 g/mol. The van der Waals surface area contributed by atoms with Crippen molar-refractivity contribution in [3.05, 3.63) is 70.8 Å². The molecule has 0 saturated heterocycles. The van der Waals surface area contributed by atoms with Crippen molar-refractivity contribution in [1.29, 1.82) is 0 Å².